The molecule has 4 nitrogen and oxygen atoms in total. The smallest absolute Gasteiger partial charge is 0.141 e. The van der Waals surface area contributed by atoms with E-state index < -0.39 is 0 Å². The van der Waals surface area contributed by atoms with E-state index in [1.165, 1.54) is 12.3 Å². The molecule has 2 aromatic rings. The van der Waals surface area contributed by atoms with Crippen molar-refractivity contribution in [3.8, 4) is 0 Å². The summed E-state index contributed by atoms with van der Waals surface area (Å²) in [6.07, 6.45) is 5.37. The Morgan fingerprint density at radius 3 is 2.89 bits per heavy atom. The molecule has 0 saturated carbocycles. The Kier molecular flexibility index (Phi) is 4.65. The van der Waals surface area contributed by atoms with Crippen molar-refractivity contribution in [3.63, 3.8) is 0 Å². The molecular formula is C14H18FN3O. The third kappa shape index (κ3) is 4.15. The third-order valence-electron chi connectivity index (χ3n) is 2.98. The highest BCUT2D eigenvalue weighted by atomic mass is 19.1. The topological polar surface area (TPSA) is 55.3 Å². The average Bonchev–Trinajstić information content (AvgIpc) is 2.89. The number of hydrogen-bond acceptors (Lipinski definition) is 4. The van der Waals surface area contributed by atoms with Gasteiger partial charge in [0.2, 0.25) is 0 Å². The summed E-state index contributed by atoms with van der Waals surface area (Å²) in [6.45, 7) is 1.66. The average molecular weight is 263 g/mol. The number of furan rings is 1. The molecule has 0 bridgehead atoms. The number of halogens is 1. The Morgan fingerprint density at radius 1 is 1.42 bits per heavy atom. The molecule has 1 atom stereocenters. The summed E-state index contributed by atoms with van der Waals surface area (Å²) in [7, 11) is 2.03. The molecule has 0 aliphatic heterocycles. The fourth-order valence-electron chi connectivity index (χ4n) is 1.89. The highest BCUT2D eigenvalue weighted by Gasteiger charge is 2.09. The Morgan fingerprint density at radius 2 is 2.26 bits per heavy atom. The second-order valence-electron chi connectivity index (χ2n) is 4.67. The van der Waals surface area contributed by atoms with Gasteiger partial charge in [0.25, 0.3) is 0 Å². The van der Waals surface area contributed by atoms with Crippen LogP contribution in [0.5, 0.6) is 0 Å². The second-order valence-corrected chi connectivity index (χ2v) is 4.67. The number of pyridine rings is 1. The first kappa shape index (κ1) is 13.7. The van der Waals surface area contributed by atoms with Crippen molar-refractivity contribution in [3.05, 3.63) is 54.0 Å². The van der Waals surface area contributed by atoms with Gasteiger partial charge in [-0.1, -0.05) is 0 Å². The van der Waals surface area contributed by atoms with Gasteiger partial charge in [-0.05, 0) is 31.7 Å². The number of aromatic nitrogens is 1. The molecule has 0 aromatic carbocycles. The molecule has 5 heteroatoms. The van der Waals surface area contributed by atoms with Crippen LogP contribution in [0.1, 0.15) is 23.7 Å². The summed E-state index contributed by atoms with van der Waals surface area (Å²) in [5, 5.41) is 0. The molecule has 0 aliphatic rings. The Labute approximate surface area is 112 Å². The highest BCUT2D eigenvalue weighted by Crippen LogP contribution is 2.13. The number of nitrogens with two attached hydrogens (primary N) is 1. The summed E-state index contributed by atoms with van der Waals surface area (Å²) in [5.41, 5.74) is 7.89. The number of hydrogen-bond donors (Lipinski definition) is 1. The molecule has 2 rings (SSSR count). The van der Waals surface area contributed by atoms with Crippen molar-refractivity contribution >= 4 is 0 Å². The van der Waals surface area contributed by atoms with E-state index in [0.29, 0.717) is 0 Å². The van der Waals surface area contributed by atoms with Crippen LogP contribution in [0, 0.1) is 5.82 Å². The molecule has 2 aromatic heterocycles. The minimum Gasteiger partial charge on any atom is -0.472 e. The fourth-order valence-corrected chi connectivity index (χ4v) is 1.89. The molecule has 0 fully saturated rings. The molecule has 1 unspecified atom stereocenters. The lowest BCUT2D eigenvalue weighted by molar-refractivity contribution is 0.309. The Hall–Kier alpha value is -1.72. The van der Waals surface area contributed by atoms with Crippen LogP contribution in [0.3, 0.4) is 0 Å². The van der Waals surface area contributed by atoms with Gasteiger partial charge in [-0.25, -0.2) is 4.39 Å². The molecule has 0 aliphatic carbocycles. The van der Waals surface area contributed by atoms with Crippen LogP contribution < -0.4 is 5.73 Å². The predicted octanol–water partition coefficient (Wildman–Crippen LogP) is 2.34. The molecule has 0 spiro atoms. The van der Waals surface area contributed by atoms with E-state index in [4.69, 9.17) is 10.2 Å². The quantitative estimate of drug-likeness (QED) is 0.869. The minimum absolute atomic E-state index is 0.174. The largest absolute Gasteiger partial charge is 0.472 e. The van der Waals surface area contributed by atoms with Crippen LogP contribution >= 0.6 is 0 Å². The zero-order chi connectivity index (χ0) is 13.7. The first-order valence-corrected chi connectivity index (χ1v) is 6.22. The van der Waals surface area contributed by atoms with Gasteiger partial charge in [0.15, 0.2) is 0 Å². The van der Waals surface area contributed by atoms with E-state index in [1.807, 2.05) is 13.1 Å². The highest BCUT2D eigenvalue weighted by molar-refractivity contribution is 5.09. The van der Waals surface area contributed by atoms with E-state index in [-0.39, 0.29) is 11.9 Å². The van der Waals surface area contributed by atoms with Crippen LogP contribution in [0.2, 0.25) is 0 Å². The van der Waals surface area contributed by atoms with Crippen molar-refractivity contribution in [2.75, 3.05) is 13.6 Å². The molecule has 0 amide bonds. The van der Waals surface area contributed by atoms with Gasteiger partial charge in [0, 0.05) is 24.7 Å². The van der Waals surface area contributed by atoms with E-state index in [2.05, 4.69) is 9.88 Å². The molecule has 19 heavy (non-hydrogen) atoms. The minimum atomic E-state index is -0.340. The summed E-state index contributed by atoms with van der Waals surface area (Å²) < 4.78 is 17.8. The van der Waals surface area contributed by atoms with Gasteiger partial charge in [0.1, 0.15) is 5.82 Å². The summed E-state index contributed by atoms with van der Waals surface area (Å²) in [4.78, 5) is 6.16. The van der Waals surface area contributed by atoms with Crippen molar-refractivity contribution < 1.29 is 8.81 Å². The van der Waals surface area contributed by atoms with Crippen molar-refractivity contribution in [1.82, 2.24) is 9.88 Å². The van der Waals surface area contributed by atoms with Crippen molar-refractivity contribution in [1.29, 1.82) is 0 Å². The van der Waals surface area contributed by atoms with Gasteiger partial charge in [-0.3, -0.25) is 4.98 Å². The number of rotatable bonds is 6. The van der Waals surface area contributed by atoms with Crippen LogP contribution in [-0.4, -0.2) is 23.5 Å². The standard InChI is InChI=1S/C14H18FN3O/c1-18(9-11-5-7-19-10-11)6-4-13(16)14-3-2-12(15)8-17-14/h2-3,5,7-8,10,13H,4,6,9,16H2,1H3. The van der Waals surface area contributed by atoms with Crippen LogP contribution in [-0.2, 0) is 6.54 Å². The van der Waals surface area contributed by atoms with Crippen molar-refractivity contribution in [2.24, 2.45) is 5.73 Å². The van der Waals surface area contributed by atoms with E-state index in [1.54, 1.807) is 18.6 Å². The lowest BCUT2D eigenvalue weighted by atomic mass is 10.1. The molecular weight excluding hydrogens is 245 g/mol. The molecule has 102 valence electrons. The summed E-state index contributed by atoms with van der Waals surface area (Å²) in [6, 6.07) is 4.79. The van der Waals surface area contributed by atoms with Gasteiger partial charge in [-0.15, -0.1) is 0 Å². The molecule has 2 heterocycles. The van der Waals surface area contributed by atoms with E-state index in [9.17, 15) is 4.39 Å². The maximum Gasteiger partial charge on any atom is 0.141 e. The normalized spacial score (nSPS) is 12.8. The van der Waals surface area contributed by atoms with Crippen LogP contribution in [0.15, 0.2) is 41.3 Å². The van der Waals surface area contributed by atoms with Gasteiger partial charge < -0.3 is 15.1 Å². The predicted molar refractivity (Wildman–Crippen MR) is 70.8 cm³/mol. The number of nitrogens with zero attached hydrogens (tertiary/aromatic N) is 2. The first-order valence-electron chi connectivity index (χ1n) is 6.22. The lowest BCUT2D eigenvalue weighted by Crippen LogP contribution is -2.23. The maximum absolute atomic E-state index is 12.8. The molecule has 0 saturated heterocycles. The SMILES string of the molecule is CN(CCC(N)c1ccc(F)cn1)Cc1ccoc1. The first-order chi connectivity index (χ1) is 9.15. The summed E-state index contributed by atoms with van der Waals surface area (Å²) in [5.74, 6) is -0.340. The van der Waals surface area contributed by atoms with Crippen molar-refractivity contribution in [2.45, 2.75) is 19.0 Å². The monoisotopic (exact) mass is 263 g/mol. The van der Waals surface area contributed by atoms with Gasteiger partial charge in [0.05, 0.1) is 24.4 Å². The lowest BCUT2D eigenvalue weighted by Gasteiger charge is -2.18. The Balaban J connectivity index is 1.79. The third-order valence-corrected chi connectivity index (χ3v) is 2.98. The fraction of sp³-hybridized carbons (Fsp3) is 0.357. The second kappa shape index (κ2) is 6.45. The van der Waals surface area contributed by atoms with Crippen LogP contribution in [0.4, 0.5) is 4.39 Å². The summed E-state index contributed by atoms with van der Waals surface area (Å²) >= 11 is 0. The molecule has 0 radical (unpaired) electrons. The Bertz CT molecular complexity index is 484. The zero-order valence-corrected chi connectivity index (χ0v) is 10.9. The molecule has 2 N–H and O–H groups in total. The van der Waals surface area contributed by atoms with Gasteiger partial charge >= 0.3 is 0 Å². The van der Waals surface area contributed by atoms with Gasteiger partial charge in [-0.2, -0.15) is 0 Å². The van der Waals surface area contributed by atoms with Crippen LogP contribution in [0.25, 0.3) is 0 Å². The van der Waals surface area contributed by atoms with E-state index >= 15 is 0 Å². The zero-order valence-electron chi connectivity index (χ0n) is 10.9. The maximum atomic E-state index is 12.8. The van der Waals surface area contributed by atoms with E-state index in [0.717, 1.165) is 30.8 Å².